The summed E-state index contributed by atoms with van der Waals surface area (Å²) >= 11 is 0. The zero-order valence-electron chi connectivity index (χ0n) is 9.42. The minimum Gasteiger partial charge on any atom is -0.392 e. The number of rotatable bonds is 2. The molecule has 0 amide bonds. The van der Waals surface area contributed by atoms with Crippen molar-refractivity contribution in [1.82, 2.24) is 5.32 Å². The molecule has 2 N–H and O–H groups in total. The molecule has 0 aromatic carbocycles. The Kier molecular flexibility index (Phi) is 2.85. The largest absolute Gasteiger partial charge is 0.392 e. The first-order chi connectivity index (χ1) is 6.57. The minimum atomic E-state index is -0.0845. The fourth-order valence-corrected chi connectivity index (χ4v) is 3.02. The lowest BCUT2D eigenvalue weighted by Crippen LogP contribution is -2.41. The molecule has 2 rings (SSSR count). The summed E-state index contributed by atoms with van der Waals surface area (Å²) in [6.07, 6.45) is 7.15. The molecule has 3 atom stereocenters. The summed E-state index contributed by atoms with van der Waals surface area (Å²) in [4.78, 5) is 0. The molecular formula is C12H23NO. The summed E-state index contributed by atoms with van der Waals surface area (Å²) in [5.74, 6) is 0. The smallest absolute Gasteiger partial charge is 0.0693 e. The van der Waals surface area contributed by atoms with Gasteiger partial charge in [-0.25, -0.2) is 0 Å². The molecule has 0 spiro atoms. The lowest BCUT2D eigenvalue weighted by Gasteiger charge is -2.23. The van der Waals surface area contributed by atoms with E-state index >= 15 is 0 Å². The van der Waals surface area contributed by atoms with E-state index in [1.807, 2.05) is 0 Å². The number of nitrogens with one attached hydrogen (secondary N) is 1. The van der Waals surface area contributed by atoms with Gasteiger partial charge in [-0.15, -0.1) is 0 Å². The van der Waals surface area contributed by atoms with Gasteiger partial charge < -0.3 is 10.4 Å². The van der Waals surface area contributed by atoms with E-state index in [9.17, 15) is 5.11 Å². The van der Waals surface area contributed by atoms with Crippen molar-refractivity contribution in [3.05, 3.63) is 0 Å². The van der Waals surface area contributed by atoms with Crippen molar-refractivity contribution in [1.29, 1.82) is 0 Å². The number of hydrogen-bond donors (Lipinski definition) is 2. The van der Waals surface area contributed by atoms with Crippen LogP contribution in [-0.4, -0.2) is 23.3 Å². The van der Waals surface area contributed by atoms with Crippen molar-refractivity contribution in [3.8, 4) is 0 Å². The summed E-state index contributed by atoms with van der Waals surface area (Å²) in [5, 5.41) is 13.4. The quantitative estimate of drug-likeness (QED) is 0.710. The Morgan fingerprint density at radius 3 is 2.50 bits per heavy atom. The van der Waals surface area contributed by atoms with Crippen molar-refractivity contribution in [2.45, 2.75) is 70.6 Å². The van der Waals surface area contributed by atoms with Crippen LogP contribution in [0.1, 0.15) is 52.4 Å². The van der Waals surface area contributed by atoms with Gasteiger partial charge in [0.15, 0.2) is 0 Å². The van der Waals surface area contributed by atoms with E-state index in [1.54, 1.807) is 0 Å². The van der Waals surface area contributed by atoms with Crippen LogP contribution in [0.3, 0.4) is 0 Å². The van der Waals surface area contributed by atoms with E-state index in [1.165, 1.54) is 25.7 Å². The van der Waals surface area contributed by atoms with Gasteiger partial charge in [0.1, 0.15) is 0 Å². The Balaban J connectivity index is 1.81. The predicted octanol–water partition coefficient (Wildman–Crippen LogP) is 2.07. The molecule has 14 heavy (non-hydrogen) atoms. The van der Waals surface area contributed by atoms with Gasteiger partial charge in [-0.1, -0.05) is 13.8 Å². The van der Waals surface area contributed by atoms with Gasteiger partial charge in [-0.3, -0.25) is 0 Å². The van der Waals surface area contributed by atoms with Gasteiger partial charge in [-0.2, -0.15) is 0 Å². The topological polar surface area (TPSA) is 32.3 Å². The molecule has 0 aliphatic heterocycles. The van der Waals surface area contributed by atoms with Crippen LogP contribution in [0.2, 0.25) is 0 Å². The molecule has 2 fully saturated rings. The first kappa shape index (κ1) is 10.4. The average Bonchev–Trinajstić information content (AvgIpc) is 2.61. The summed E-state index contributed by atoms with van der Waals surface area (Å²) in [6, 6.07) is 1.04. The molecule has 2 aliphatic rings. The van der Waals surface area contributed by atoms with Gasteiger partial charge in [0.05, 0.1) is 6.10 Å². The Labute approximate surface area is 87.1 Å². The lowest BCUT2D eigenvalue weighted by molar-refractivity contribution is 0.142. The molecule has 0 heterocycles. The van der Waals surface area contributed by atoms with Gasteiger partial charge in [0.25, 0.3) is 0 Å². The van der Waals surface area contributed by atoms with Crippen molar-refractivity contribution in [2.75, 3.05) is 0 Å². The van der Waals surface area contributed by atoms with Crippen molar-refractivity contribution in [3.63, 3.8) is 0 Å². The van der Waals surface area contributed by atoms with Crippen molar-refractivity contribution < 1.29 is 5.11 Å². The first-order valence-corrected chi connectivity index (χ1v) is 6.01. The SMILES string of the molecule is CC1(C)CCC(NC2CCCC2O)C1. The van der Waals surface area contributed by atoms with E-state index in [0.29, 0.717) is 17.5 Å². The van der Waals surface area contributed by atoms with E-state index in [-0.39, 0.29) is 6.10 Å². The summed E-state index contributed by atoms with van der Waals surface area (Å²) < 4.78 is 0. The summed E-state index contributed by atoms with van der Waals surface area (Å²) in [5.41, 5.74) is 0.515. The Morgan fingerprint density at radius 2 is 2.00 bits per heavy atom. The molecule has 0 aromatic rings. The molecule has 2 aliphatic carbocycles. The predicted molar refractivity (Wildman–Crippen MR) is 58.2 cm³/mol. The number of hydrogen-bond acceptors (Lipinski definition) is 2. The Bertz CT molecular complexity index is 202. The minimum absolute atomic E-state index is 0.0845. The third-order valence-corrected chi connectivity index (χ3v) is 3.90. The summed E-state index contributed by atoms with van der Waals surface area (Å²) in [6.45, 7) is 4.69. The van der Waals surface area contributed by atoms with Crippen LogP contribution in [0.4, 0.5) is 0 Å². The fourth-order valence-electron chi connectivity index (χ4n) is 3.02. The van der Waals surface area contributed by atoms with E-state index in [0.717, 1.165) is 12.8 Å². The molecule has 2 saturated carbocycles. The highest BCUT2D eigenvalue weighted by Gasteiger charge is 2.34. The fraction of sp³-hybridized carbons (Fsp3) is 1.00. The van der Waals surface area contributed by atoms with E-state index < -0.39 is 0 Å². The van der Waals surface area contributed by atoms with Crippen LogP contribution < -0.4 is 5.32 Å². The van der Waals surface area contributed by atoms with Crippen LogP contribution in [0.15, 0.2) is 0 Å². The second-order valence-corrected chi connectivity index (χ2v) is 5.88. The molecule has 0 radical (unpaired) electrons. The normalized spacial score (nSPS) is 41.8. The first-order valence-electron chi connectivity index (χ1n) is 6.01. The molecular weight excluding hydrogens is 174 g/mol. The molecule has 2 nitrogen and oxygen atoms in total. The molecule has 0 saturated heterocycles. The van der Waals surface area contributed by atoms with Gasteiger partial charge in [0.2, 0.25) is 0 Å². The Morgan fingerprint density at radius 1 is 1.21 bits per heavy atom. The van der Waals surface area contributed by atoms with E-state index in [4.69, 9.17) is 0 Å². The highest BCUT2D eigenvalue weighted by molar-refractivity contribution is 4.91. The van der Waals surface area contributed by atoms with Gasteiger partial charge in [-0.05, 0) is 43.9 Å². The van der Waals surface area contributed by atoms with Crippen LogP contribution >= 0.6 is 0 Å². The zero-order chi connectivity index (χ0) is 10.2. The molecule has 82 valence electrons. The van der Waals surface area contributed by atoms with Gasteiger partial charge >= 0.3 is 0 Å². The van der Waals surface area contributed by atoms with Gasteiger partial charge in [0, 0.05) is 12.1 Å². The molecule has 0 aromatic heterocycles. The number of aliphatic hydroxyl groups excluding tert-OH is 1. The standard InChI is InChI=1S/C12H23NO/c1-12(2)7-6-9(8-12)13-10-4-3-5-11(10)14/h9-11,13-14H,3-8H2,1-2H3. The Hall–Kier alpha value is -0.0800. The maximum atomic E-state index is 9.72. The third-order valence-electron chi connectivity index (χ3n) is 3.90. The van der Waals surface area contributed by atoms with Crippen LogP contribution in [0.25, 0.3) is 0 Å². The third kappa shape index (κ3) is 2.29. The zero-order valence-corrected chi connectivity index (χ0v) is 9.42. The maximum absolute atomic E-state index is 9.72. The molecule has 2 heteroatoms. The maximum Gasteiger partial charge on any atom is 0.0693 e. The van der Waals surface area contributed by atoms with Crippen LogP contribution in [-0.2, 0) is 0 Å². The molecule has 3 unspecified atom stereocenters. The van der Waals surface area contributed by atoms with Crippen molar-refractivity contribution in [2.24, 2.45) is 5.41 Å². The molecule has 0 bridgehead atoms. The van der Waals surface area contributed by atoms with Crippen LogP contribution in [0.5, 0.6) is 0 Å². The average molecular weight is 197 g/mol. The second kappa shape index (κ2) is 3.82. The number of aliphatic hydroxyl groups is 1. The second-order valence-electron chi connectivity index (χ2n) is 5.88. The van der Waals surface area contributed by atoms with E-state index in [2.05, 4.69) is 19.2 Å². The lowest BCUT2D eigenvalue weighted by atomic mass is 9.92. The highest BCUT2D eigenvalue weighted by Crippen LogP contribution is 2.37. The van der Waals surface area contributed by atoms with Crippen molar-refractivity contribution >= 4 is 0 Å². The van der Waals surface area contributed by atoms with Crippen LogP contribution in [0, 0.1) is 5.41 Å². The monoisotopic (exact) mass is 197 g/mol. The highest BCUT2D eigenvalue weighted by atomic mass is 16.3. The summed E-state index contributed by atoms with van der Waals surface area (Å²) in [7, 11) is 0.